The van der Waals surface area contributed by atoms with E-state index in [9.17, 15) is 18.0 Å². The van der Waals surface area contributed by atoms with Crippen LogP contribution in [0.5, 0.6) is 0 Å². The van der Waals surface area contributed by atoms with Crippen LogP contribution in [0, 0.1) is 0 Å². The zero-order valence-electron chi connectivity index (χ0n) is 14.2. The van der Waals surface area contributed by atoms with Gasteiger partial charge in [-0.05, 0) is 36.9 Å². The Morgan fingerprint density at radius 3 is 2.44 bits per heavy atom. The van der Waals surface area contributed by atoms with Gasteiger partial charge in [0.25, 0.3) is 11.8 Å². The quantitative estimate of drug-likeness (QED) is 0.634. The molecule has 0 saturated carbocycles. The number of benzene rings is 2. The van der Waals surface area contributed by atoms with E-state index in [1.54, 1.807) is 25.1 Å². The number of hydrogen-bond acceptors (Lipinski definition) is 4. The second kappa shape index (κ2) is 6.57. The molecular formula is C18H20N2O4S. The number of hydrogen-bond donors (Lipinski definition) is 1. The smallest absolute Gasteiger partial charge is 0.261 e. The van der Waals surface area contributed by atoms with Gasteiger partial charge in [0.05, 0.1) is 4.90 Å². The Hall–Kier alpha value is -2.25. The highest BCUT2D eigenvalue weighted by Gasteiger charge is 2.33. The number of sulfonamides is 1. The lowest BCUT2D eigenvalue weighted by Crippen LogP contribution is -2.40. The summed E-state index contributed by atoms with van der Waals surface area (Å²) in [5.41, 5.74) is 0.683. The first-order valence-electron chi connectivity index (χ1n) is 8.33. The van der Waals surface area contributed by atoms with Gasteiger partial charge in [0, 0.05) is 29.6 Å². The lowest BCUT2D eigenvalue weighted by atomic mass is 9.94. The summed E-state index contributed by atoms with van der Waals surface area (Å²) in [4.78, 5) is 26.3. The van der Waals surface area contributed by atoms with Crippen LogP contribution in [0.4, 0.5) is 0 Å². The van der Waals surface area contributed by atoms with Crippen LogP contribution in [0.15, 0.2) is 35.2 Å². The molecule has 0 radical (unpaired) electrons. The normalized spacial score (nSPS) is 14.4. The predicted molar refractivity (Wildman–Crippen MR) is 95.1 cm³/mol. The largest absolute Gasteiger partial charge is 0.275 e. The lowest BCUT2D eigenvalue weighted by molar-refractivity contribution is 0.0619. The molecule has 6 nitrogen and oxygen atoms in total. The predicted octanol–water partition coefficient (Wildman–Crippen LogP) is 2.53. The van der Waals surface area contributed by atoms with Crippen LogP contribution < -0.4 is 4.72 Å². The summed E-state index contributed by atoms with van der Waals surface area (Å²) in [6, 6.07) is 7.96. The van der Waals surface area contributed by atoms with Crippen LogP contribution in [-0.4, -0.2) is 38.2 Å². The van der Waals surface area contributed by atoms with Gasteiger partial charge in [0.15, 0.2) is 0 Å². The van der Waals surface area contributed by atoms with E-state index in [-0.39, 0.29) is 22.9 Å². The van der Waals surface area contributed by atoms with E-state index in [2.05, 4.69) is 4.72 Å². The highest BCUT2D eigenvalue weighted by atomic mass is 32.2. The molecule has 2 aromatic rings. The summed E-state index contributed by atoms with van der Waals surface area (Å²) in [5.74, 6) is -0.802. The van der Waals surface area contributed by atoms with Gasteiger partial charge in [-0.15, -0.1) is 0 Å². The third kappa shape index (κ3) is 2.94. The Balaban J connectivity index is 2.19. The van der Waals surface area contributed by atoms with Crippen molar-refractivity contribution in [3.05, 3.63) is 41.5 Å². The fraction of sp³-hybridized carbons (Fsp3) is 0.333. The van der Waals surface area contributed by atoms with Crippen LogP contribution >= 0.6 is 0 Å². The topological polar surface area (TPSA) is 83.6 Å². The van der Waals surface area contributed by atoms with E-state index in [1.165, 1.54) is 12.1 Å². The number of rotatable bonds is 6. The second-order valence-corrected chi connectivity index (χ2v) is 7.75. The molecule has 0 aliphatic carbocycles. The fourth-order valence-electron chi connectivity index (χ4n) is 3.04. The van der Waals surface area contributed by atoms with Crippen molar-refractivity contribution in [2.45, 2.75) is 31.6 Å². The molecule has 0 spiro atoms. The van der Waals surface area contributed by atoms with Crippen LogP contribution in [0.1, 0.15) is 47.4 Å². The number of amides is 2. The van der Waals surface area contributed by atoms with E-state index in [0.717, 1.165) is 17.7 Å². The first-order valence-corrected chi connectivity index (χ1v) is 9.81. The Kier molecular flexibility index (Phi) is 4.62. The van der Waals surface area contributed by atoms with E-state index >= 15 is 0 Å². The first kappa shape index (κ1) is 17.6. The fourth-order valence-corrected chi connectivity index (χ4v) is 4.17. The van der Waals surface area contributed by atoms with Gasteiger partial charge >= 0.3 is 0 Å². The molecule has 1 heterocycles. The summed E-state index contributed by atoms with van der Waals surface area (Å²) < 4.78 is 27.6. The average molecular weight is 360 g/mol. The number of unbranched alkanes of at least 4 members (excludes halogenated alkanes) is 1. The third-order valence-electron chi connectivity index (χ3n) is 4.35. The van der Waals surface area contributed by atoms with Crippen LogP contribution in [0.3, 0.4) is 0 Å². The van der Waals surface area contributed by atoms with Gasteiger partial charge in [0.2, 0.25) is 10.0 Å². The third-order valence-corrected chi connectivity index (χ3v) is 5.79. The lowest BCUT2D eigenvalue weighted by Gasteiger charge is -2.26. The Labute approximate surface area is 146 Å². The van der Waals surface area contributed by atoms with Crippen LogP contribution in [0.2, 0.25) is 0 Å². The first-order chi connectivity index (χ1) is 11.9. The highest BCUT2D eigenvalue weighted by molar-refractivity contribution is 7.89. The van der Waals surface area contributed by atoms with Gasteiger partial charge in [-0.1, -0.05) is 25.5 Å². The number of imide groups is 1. The van der Waals surface area contributed by atoms with Gasteiger partial charge in [-0.25, -0.2) is 13.1 Å². The Morgan fingerprint density at radius 1 is 1.04 bits per heavy atom. The maximum Gasteiger partial charge on any atom is 0.261 e. The number of nitrogens with zero attached hydrogens (tertiary/aromatic N) is 1. The van der Waals surface area contributed by atoms with E-state index < -0.39 is 15.9 Å². The molecule has 0 saturated heterocycles. The molecule has 0 atom stereocenters. The maximum absolute atomic E-state index is 12.7. The van der Waals surface area contributed by atoms with Crippen molar-refractivity contribution in [3.63, 3.8) is 0 Å². The van der Waals surface area contributed by atoms with Gasteiger partial charge < -0.3 is 0 Å². The summed E-state index contributed by atoms with van der Waals surface area (Å²) in [6.07, 6.45) is 1.61. The minimum absolute atomic E-state index is 0.0435. The van der Waals surface area contributed by atoms with Crippen molar-refractivity contribution < 1.29 is 18.0 Å². The molecule has 2 amide bonds. The summed E-state index contributed by atoms with van der Waals surface area (Å²) >= 11 is 0. The molecule has 1 aliphatic rings. The summed E-state index contributed by atoms with van der Waals surface area (Å²) in [5, 5.41) is 1.10. The molecule has 3 rings (SSSR count). The van der Waals surface area contributed by atoms with E-state index in [0.29, 0.717) is 22.9 Å². The van der Waals surface area contributed by atoms with Crippen molar-refractivity contribution in [3.8, 4) is 0 Å². The van der Waals surface area contributed by atoms with Crippen molar-refractivity contribution >= 4 is 32.6 Å². The molecule has 0 bridgehead atoms. The van der Waals surface area contributed by atoms with Crippen molar-refractivity contribution in [2.75, 3.05) is 13.1 Å². The Morgan fingerprint density at radius 2 is 1.76 bits per heavy atom. The number of carbonyl (C=O) groups excluding carboxylic acids is 2. The molecule has 0 fully saturated rings. The zero-order chi connectivity index (χ0) is 18.2. The molecule has 1 N–H and O–H groups in total. The molecular weight excluding hydrogens is 340 g/mol. The molecule has 2 aromatic carbocycles. The molecule has 0 unspecified atom stereocenters. The summed E-state index contributed by atoms with van der Waals surface area (Å²) in [7, 11) is -3.71. The number of carbonyl (C=O) groups is 2. The van der Waals surface area contributed by atoms with E-state index in [4.69, 9.17) is 0 Å². The average Bonchev–Trinajstić information content (AvgIpc) is 2.59. The standard InChI is InChI=1S/C18H20N2O4S/c1-3-5-9-19-25(23,24)13-10-12-7-6-8-14-16(12)15(11-13)18(22)20(4-2)17(14)21/h6-8,10-11,19H,3-5,9H2,1-2H3. The van der Waals surface area contributed by atoms with Gasteiger partial charge in [-0.3, -0.25) is 14.5 Å². The Bertz CT molecular complexity index is 966. The van der Waals surface area contributed by atoms with Crippen molar-refractivity contribution in [1.29, 1.82) is 0 Å². The minimum atomic E-state index is -3.71. The molecule has 0 aromatic heterocycles. The van der Waals surface area contributed by atoms with Crippen LogP contribution in [-0.2, 0) is 10.0 Å². The highest BCUT2D eigenvalue weighted by Crippen LogP contribution is 2.32. The van der Waals surface area contributed by atoms with Gasteiger partial charge in [-0.2, -0.15) is 0 Å². The summed E-state index contributed by atoms with van der Waals surface area (Å²) in [6.45, 7) is 4.28. The monoisotopic (exact) mass is 360 g/mol. The van der Waals surface area contributed by atoms with Crippen molar-refractivity contribution in [2.24, 2.45) is 0 Å². The minimum Gasteiger partial charge on any atom is -0.275 e. The van der Waals surface area contributed by atoms with Gasteiger partial charge in [0.1, 0.15) is 0 Å². The number of nitrogens with one attached hydrogen (secondary N) is 1. The maximum atomic E-state index is 12.7. The molecule has 25 heavy (non-hydrogen) atoms. The second-order valence-electron chi connectivity index (χ2n) is 5.98. The van der Waals surface area contributed by atoms with Crippen molar-refractivity contribution in [1.82, 2.24) is 9.62 Å². The van der Waals surface area contributed by atoms with E-state index in [1.807, 2.05) is 6.92 Å². The molecule has 7 heteroatoms. The zero-order valence-corrected chi connectivity index (χ0v) is 15.0. The SMILES string of the molecule is CCCCNS(=O)(=O)c1cc2c3c(cccc3c1)C(=O)N(CC)C2=O. The molecule has 132 valence electrons. The van der Waals surface area contributed by atoms with Crippen LogP contribution in [0.25, 0.3) is 10.8 Å². The molecule has 1 aliphatic heterocycles.